The third-order valence-corrected chi connectivity index (χ3v) is 9.77. The predicted molar refractivity (Wildman–Crippen MR) is 133 cm³/mol. The summed E-state index contributed by atoms with van der Waals surface area (Å²) >= 11 is 11.9. The lowest BCUT2D eigenvalue weighted by Crippen LogP contribution is -2.47. The van der Waals surface area contributed by atoms with E-state index in [1.807, 2.05) is 0 Å². The lowest BCUT2D eigenvalue weighted by atomic mass is 10.0. The van der Waals surface area contributed by atoms with E-state index in [1.165, 1.54) is 48.8 Å². The van der Waals surface area contributed by atoms with Crippen LogP contribution in [0.2, 0.25) is 10.0 Å². The topological polar surface area (TPSA) is 104 Å². The van der Waals surface area contributed by atoms with Gasteiger partial charge in [-0.15, -0.1) is 0 Å². The van der Waals surface area contributed by atoms with E-state index in [4.69, 9.17) is 27.9 Å². The number of rotatable bonds is 12. The quantitative estimate of drug-likeness (QED) is 0.433. The molecule has 3 atom stereocenters. The van der Waals surface area contributed by atoms with Crippen LogP contribution in [0.15, 0.2) is 58.3 Å². The smallest absolute Gasteiger partial charge is 0.243 e. The number of hydrogen-bond acceptors (Lipinski definition) is 6. The van der Waals surface area contributed by atoms with Crippen molar-refractivity contribution in [3.63, 3.8) is 0 Å². The Morgan fingerprint density at radius 2 is 1.41 bits per heavy atom. The molecule has 12 heteroatoms. The van der Waals surface area contributed by atoms with E-state index in [0.717, 1.165) is 4.31 Å². The molecule has 0 aliphatic carbocycles. The Kier molecular flexibility index (Phi) is 10.3. The second-order valence-electron chi connectivity index (χ2n) is 8.06. The fourth-order valence-corrected chi connectivity index (χ4v) is 6.92. The zero-order valence-electron chi connectivity index (χ0n) is 19.4. The zero-order chi connectivity index (χ0) is 25.7. The molecule has 2 aromatic rings. The van der Waals surface area contributed by atoms with Crippen LogP contribution in [0.3, 0.4) is 0 Å². The van der Waals surface area contributed by atoms with Gasteiger partial charge < -0.3 is 9.84 Å². The molecule has 0 aromatic heterocycles. The second-order valence-corrected chi connectivity index (χ2v) is 12.9. The van der Waals surface area contributed by atoms with E-state index in [0.29, 0.717) is 5.02 Å². The first-order valence-electron chi connectivity index (χ1n) is 10.5. The molecule has 0 fully saturated rings. The summed E-state index contributed by atoms with van der Waals surface area (Å²) in [7, 11) is -4.97. The van der Waals surface area contributed by atoms with Crippen LogP contribution in [0.4, 0.5) is 0 Å². The highest BCUT2D eigenvalue weighted by atomic mass is 35.5. The lowest BCUT2D eigenvalue weighted by Gasteiger charge is -2.33. The first-order chi connectivity index (χ1) is 15.8. The Labute approximate surface area is 212 Å². The van der Waals surface area contributed by atoms with Gasteiger partial charge in [0.1, 0.15) is 0 Å². The van der Waals surface area contributed by atoms with Crippen molar-refractivity contribution in [3.8, 4) is 0 Å². The molecule has 1 N–H and O–H groups in total. The van der Waals surface area contributed by atoms with Crippen molar-refractivity contribution in [1.29, 1.82) is 0 Å². The Balaban J connectivity index is 2.27. The minimum Gasteiger partial charge on any atom is -0.395 e. The van der Waals surface area contributed by atoms with Gasteiger partial charge >= 0.3 is 0 Å². The highest BCUT2D eigenvalue weighted by Gasteiger charge is 2.34. The minimum atomic E-state index is -3.99. The van der Waals surface area contributed by atoms with Crippen molar-refractivity contribution in [2.45, 2.75) is 35.8 Å². The fourth-order valence-electron chi connectivity index (χ4n) is 3.42. The van der Waals surface area contributed by atoms with Crippen molar-refractivity contribution in [2.24, 2.45) is 5.92 Å². The molecule has 0 radical (unpaired) electrons. The normalized spacial score (nSPS) is 15.4. The van der Waals surface area contributed by atoms with Gasteiger partial charge in [0, 0.05) is 43.3 Å². The number of aliphatic hydroxyl groups excluding tert-OH is 1. The van der Waals surface area contributed by atoms with Crippen molar-refractivity contribution in [1.82, 2.24) is 8.61 Å². The molecule has 0 amide bonds. The van der Waals surface area contributed by atoms with Gasteiger partial charge in [0.2, 0.25) is 20.0 Å². The van der Waals surface area contributed by atoms with Gasteiger partial charge in [0.25, 0.3) is 0 Å². The number of sulfonamides is 2. The van der Waals surface area contributed by atoms with Gasteiger partial charge in [-0.1, -0.05) is 42.3 Å². The summed E-state index contributed by atoms with van der Waals surface area (Å²) in [6.07, 6.45) is -0.637. The highest BCUT2D eigenvalue weighted by molar-refractivity contribution is 7.89. The number of aliphatic hydroxyl groups is 1. The van der Waals surface area contributed by atoms with E-state index in [9.17, 15) is 21.9 Å². The molecule has 0 aliphatic rings. The van der Waals surface area contributed by atoms with Gasteiger partial charge in [0.05, 0.1) is 22.5 Å². The SMILES string of the molecule is CO[C@H](CN(C)S(=O)(=O)c1cccc(Cl)c1)[C@H](C)CN([C@H](C)CO)S(=O)(=O)c1cccc(Cl)c1. The molecule has 0 aliphatic heterocycles. The number of nitrogens with zero attached hydrogens (tertiary/aromatic N) is 2. The number of likely N-dealkylation sites (N-methyl/N-ethyl adjacent to an activating group) is 1. The summed E-state index contributed by atoms with van der Waals surface area (Å²) in [4.78, 5) is 0.0474. The molecule has 8 nitrogen and oxygen atoms in total. The van der Waals surface area contributed by atoms with Gasteiger partial charge in [0.15, 0.2) is 0 Å². The molecule has 0 spiro atoms. The van der Waals surface area contributed by atoms with E-state index >= 15 is 0 Å². The molecule has 0 saturated carbocycles. The monoisotopic (exact) mass is 552 g/mol. The molecular weight excluding hydrogens is 523 g/mol. The molecule has 0 unspecified atom stereocenters. The van der Waals surface area contributed by atoms with E-state index < -0.39 is 44.7 Å². The molecule has 34 heavy (non-hydrogen) atoms. The molecule has 2 rings (SSSR count). The maximum atomic E-state index is 13.3. The standard InChI is InChI=1S/C22H30Cl2N2O6S2/c1-16(13-26(17(2)15-27)34(30,31)21-10-6-8-19(24)12-21)22(32-4)14-25(3)33(28,29)20-9-5-7-18(23)11-20/h5-12,16-17,22,27H,13-15H2,1-4H3/t16-,17-,22-/m1/s1. The first kappa shape index (κ1) is 29.0. The minimum absolute atomic E-state index is 0.00196. The van der Waals surface area contributed by atoms with Crippen molar-refractivity contribution < 1.29 is 26.7 Å². The fraction of sp³-hybridized carbons (Fsp3) is 0.455. The average Bonchev–Trinajstić information content (AvgIpc) is 2.79. The van der Waals surface area contributed by atoms with Crippen LogP contribution >= 0.6 is 23.2 Å². The van der Waals surface area contributed by atoms with Gasteiger partial charge in [-0.25, -0.2) is 16.8 Å². The average molecular weight is 554 g/mol. The Hall–Kier alpha value is -1.24. The van der Waals surface area contributed by atoms with Crippen LogP contribution in [0.1, 0.15) is 13.8 Å². The largest absolute Gasteiger partial charge is 0.395 e. The van der Waals surface area contributed by atoms with Crippen molar-refractivity contribution in [3.05, 3.63) is 58.6 Å². The first-order valence-corrected chi connectivity index (χ1v) is 14.1. The summed E-state index contributed by atoms with van der Waals surface area (Å²) < 4.78 is 60.5. The van der Waals surface area contributed by atoms with Crippen LogP contribution in [0.5, 0.6) is 0 Å². The Morgan fingerprint density at radius 3 is 1.85 bits per heavy atom. The summed E-state index contributed by atoms with van der Waals surface area (Å²) in [5, 5.41) is 10.3. The lowest BCUT2D eigenvalue weighted by molar-refractivity contribution is 0.0360. The van der Waals surface area contributed by atoms with Crippen LogP contribution in [-0.2, 0) is 24.8 Å². The highest BCUT2D eigenvalue weighted by Crippen LogP contribution is 2.25. The summed E-state index contributed by atoms with van der Waals surface area (Å²) in [6, 6.07) is 11.1. The molecular formula is C22H30Cl2N2O6S2. The van der Waals surface area contributed by atoms with E-state index in [1.54, 1.807) is 32.0 Å². The number of halogens is 2. The summed E-state index contributed by atoms with van der Waals surface area (Å²) in [5.41, 5.74) is 0. The molecule has 0 saturated heterocycles. The number of methoxy groups -OCH3 is 1. The maximum absolute atomic E-state index is 13.3. The Morgan fingerprint density at radius 1 is 0.912 bits per heavy atom. The summed E-state index contributed by atoms with van der Waals surface area (Å²) in [5.74, 6) is -0.426. The molecule has 190 valence electrons. The van der Waals surface area contributed by atoms with Crippen LogP contribution in [0.25, 0.3) is 0 Å². The maximum Gasteiger partial charge on any atom is 0.243 e. The molecule has 0 heterocycles. The number of ether oxygens (including phenoxy) is 1. The zero-order valence-corrected chi connectivity index (χ0v) is 22.6. The van der Waals surface area contributed by atoms with Crippen LogP contribution in [-0.4, -0.2) is 76.6 Å². The van der Waals surface area contributed by atoms with Gasteiger partial charge in [-0.3, -0.25) is 0 Å². The van der Waals surface area contributed by atoms with Crippen molar-refractivity contribution in [2.75, 3.05) is 33.9 Å². The molecule has 2 aromatic carbocycles. The second kappa shape index (κ2) is 12.1. The van der Waals surface area contributed by atoms with Crippen LogP contribution in [0, 0.1) is 5.92 Å². The third-order valence-electron chi connectivity index (χ3n) is 5.51. The number of hydrogen-bond donors (Lipinski definition) is 1. The van der Waals surface area contributed by atoms with Gasteiger partial charge in [-0.2, -0.15) is 8.61 Å². The van der Waals surface area contributed by atoms with Crippen molar-refractivity contribution >= 4 is 43.2 Å². The van der Waals surface area contributed by atoms with Crippen LogP contribution < -0.4 is 0 Å². The van der Waals surface area contributed by atoms with E-state index in [-0.39, 0.29) is 27.9 Å². The Bertz CT molecular complexity index is 1180. The van der Waals surface area contributed by atoms with E-state index in [2.05, 4.69) is 0 Å². The predicted octanol–water partition coefficient (Wildman–Crippen LogP) is 3.34. The van der Waals surface area contributed by atoms with Gasteiger partial charge in [-0.05, 0) is 49.2 Å². The molecule has 0 bridgehead atoms. The number of benzene rings is 2. The third kappa shape index (κ3) is 6.92. The summed E-state index contributed by atoms with van der Waals surface area (Å²) in [6.45, 7) is 2.92.